The van der Waals surface area contributed by atoms with Gasteiger partial charge in [0.2, 0.25) is 0 Å². The van der Waals surface area contributed by atoms with Crippen LogP contribution >= 0.6 is 0 Å². The van der Waals surface area contributed by atoms with Gasteiger partial charge in [-0.3, -0.25) is 25.2 Å². The largest absolute Gasteiger partial charge is 0.464 e. The molecule has 0 aliphatic carbocycles. The van der Waals surface area contributed by atoms with Crippen molar-refractivity contribution in [3.63, 3.8) is 0 Å². The quantitative estimate of drug-likeness (QED) is 0.106. The van der Waals surface area contributed by atoms with E-state index in [1.54, 1.807) is 0 Å². The minimum absolute atomic E-state index is 0.161. The highest BCUT2D eigenvalue weighted by molar-refractivity contribution is 5.81. The first-order valence-corrected chi connectivity index (χ1v) is 6.68. The fourth-order valence-corrected chi connectivity index (χ4v) is 1.28. The molecule has 136 valence electrons. The smallest absolute Gasteiger partial charge is 0.326 e. The minimum atomic E-state index is -1.02. The van der Waals surface area contributed by atoms with Gasteiger partial charge >= 0.3 is 11.9 Å². The van der Waals surface area contributed by atoms with Crippen LogP contribution in [-0.2, 0) is 28.6 Å². The van der Waals surface area contributed by atoms with Crippen molar-refractivity contribution in [2.24, 2.45) is 11.5 Å². The average molecular weight is 346 g/mol. The van der Waals surface area contributed by atoms with E-state index in [-0.39, 0.29) is 44.7 Å². The lowest BCUT2D eigenvalue weighted by molar-refractivity contribution is -0.164. The standard InChI is InChI=1S/C12H22N6O6/c1-17(11(13)14)3-9(20)23-6-8(5-22-7-19)24-10(21)4-18(2)12(15)16/h7-8H,3-6H2,1-2H3,(H3,13,14)(H3,15,16). The predicted octanol–water partition coefficient (Wildman–Crippen LogP) is -2.74. The maximum atomic E-state index is 11.7. The highest BCUT2D eigenvalue weighted by atomic mass is 16.6. The summed E-state index contributed by atoms with van der Waals surface area (Å²) in [7, 11) is 2.84. The Labute approximate surface area is 138 Å². The van der Waals surface area contributed by atoms with Crippen LogP contribution in [0.2, 0.25) is 0 Å². The summed E-state index contributed by atoms with van der Waals surface area (Å²) >= 11 is 0. The van der Waals surface area contributed by atoms with Gasteiger partial charge in [-0.15, -0.1) is 0 Å². The normalized spacial score (nSPS) is 10.9. The second kappa shape index (κ2) is 10.6. The molecule has 12 nitrogen and oxygen atoms in total. The summed E-state index contributed by atoms with van der Waals surface area (Å²) in [6.07, 6.45) is -1.02. The zero-order valence-corrected chi connectivity index (χ0v) is 13.5. The van der Waals surface area contributed by atoms with Crippen molar-refractivity contribution in [2.45, 2.75) is 6.10 Å². The molecule has 0 saturated heterocycles. The number of nitrogens with one attached hydrogen (secondary N) is 2. The predicted molar refractivity (Wildman–Crippen MR) is 81.9 cm³/mol. The van der Waals surface area contributed by atoms with Crippen molar-refractivity contribution < 1.29 is 28.6 Å². The van der Waals surface area contributed by atoms with Gasteiger partial charge in [-0.1, -0.05) is 0 Å². The van der Waals surface area contributed by atoms with Crippen LogP contribution in [0.25, 0.3) is 0 Å². The summed E-state index contributed by atoms with van der Waals surface area (Å²) in [5.74, 6) is -2.09. The maximum Gasteiger partial charge on any atom is 0.326 e. The SMILES string of the molecule is CN(CC(=O)OCC(COC=O)OC(=O)CN(C)C(=N)N)C(=N)N. The van der Waals surface area contributed by atoms with Crippen molar-refractivity contribution in [2.75, 3.05) is 40.4 Å². The van der Waals surface area contributed by atoms with Crippen molar-refractivity contribution in [1.82, 2.24) is 9.80 Å². The number of esters is 2. The molecule has 0 aromatic heterocycles. The first-order valence-electron chi connectivity index (χ1n) is 6.68. The molecular weight excluding hydrogens is 324 g/mol. The van der Waals surface area contributed by atoms with Gasteiger partial charge in [0.15, 0.2) is 18.0 Å². The van der Waals surface area contributed by atoms with Crippen LogP contribution in [0.3, 0.4) is 0 Å². The Morgan fingerprint density at radius 2 is 1.54 bits per heavy atom. The maximum absolute atomic E-state index is 11.7. The number of hydrogen-bond donors (Lipinski definition) is 4. The lowest BCUT2D eigenvalue weighted by Crippen LogP contribution is -2.40. The molecule has 0 saturated carbocycles. The molecule has 0 aliphatic heterocycles. The molecule has 6 N–H and O–H groups in total. The summed E-state index contributed by atoms with van der Waals surface area (Å²) in [6, 6.07) is 0. The van der Waals surface area contributed by atoms with E-state index in [9.17, 15) is 14.4 Å². The summed E-state index contributed by atoms with van der Waals surface area (Å²) < 4.78 is 14.4. The molecule has 12 heteroatoms. The fraction of sp³-hybridized carbons (Fsp3) is 0.583. The van der Waals surface area contributed by atoms with Crippen molar-refractivity contribution in [3.8, 4) is 0 Å². The second-order valence-electron chi connectivity index (χ2n) is 4.71. The van der Waals surface area contributed by atoms with Crippen molar-refractivity contribution in [3.05, 3.63) is 0 Å². The van der Waals surface area contributed by atoms with E-state index in [0.717, 1.165) is 9.80 Å². The lowest BCUT2D eigenvalue weighted by atomic mass is 10.4. The summed E-state index contributed by atoms with van der Waals surface area (Å²) in [6.45, 7) is -1.07. The van der Waals surface area contributed by atoms with Crippen molar-refractivity contribution >= 4 is 30.3 Å². The zero-order chi connectivity index (χ0) is 18.7. The van der Waals surface area contributed by atoms with Crippen LogP contribution in [0.15, 0.2) is 0 Å². The minimum Gasteiger partial charge on any atom is -0.464 e. The Morgan fingerprint density at radius 3 is 2.00 bits per heavy atom. The number of guanidine groups is 2. The number of carbonyl (C=O) groups is 3. The molecule has 0 aromatic carbocycles. The molecule has 1 unspecified atom stereocenters. The van der Waals surface area contributed by atoms with Crippen LogP contribution in [0.4, 0.5) is 0 Å². The van der Waals surface area contributed by atoms with Gasteiger partial charge in [-0.25, -0.2) is 0 Å². The van der Waals surface area contributed by atoms with Gasteiger partial charge in [0.25, 0.3) is 6.47 Å². The lowest BCUT2D eigenvalue weighted by Gasteiger charge is -2.21. The van der Waals surface area contributed by atoms with Gasteiger partial charge in [0.1, 0.15) is 26.3 Å². The molecule has 0 aliphatic rings. The monoisotopic (exact) mass is 346 g/mol. The fourth-order valence-electron chi connectivity index (χ4n) is 1.28. The third-order valence-corrected chi connectivity index (χ3v) is 2.63. The van der Waals surface area contributed by atoms with E-state index >= 15 is 0 Å². The van der Waals surface area contributed by atoms with Crippen LogP contribution in [0.1, 0.15) is 0 Å². The van der Waals surface area contributed by atoms with Crippen LogP contribution in [-0.4, -0.2) is 86.6 Å². The van der Waals surface area contributed by atoms with Gasteiger partial charge in [0, 0.05) is 14.1 Å². The Bertz CT molecular complexity index is 485. The molecule has 0 radical (unpaired) electrons. The van der Waals surface area contributed by atoms with Gasteiger partial charge in [-0.2, -0.15) is 0 Å². The third-order valence-electron chi connectivity index (χ3n) is 2.63. The molecule has 24 heavy (non-hydrogen) atoms. The van der Waals surface area contributed by atoms with E-state index in [0.29, 0.717) is 0 Å². The zero-order valence-electron chi connectivity index (χ0n) is 13.5. The Morgan fingerprint density at radius 1 is 1.04 bits per heavy atom. The highest BCUT2D eigenvalue weighted by Crippen LogP contribution is 1.98. The Balaban J connectivity index is 4.47. The van der Waals surface area contributed by atoms with Gasteiger partial charge in [0.05, 0.1) is 0 Å². The first-order chi connectivity index (χ1) is 11.2. The molecule has 0 fully saturated rings. The number of hydrogen-bond acceptors (Lipinski definition) is 8. The number of likely N-dealkylation sites (N-methyl/N-ethyl adjacent to an activating group) is 2. The highest BCUT2D eigenvalue weighted by Gasteiger charge is 2.20. The molecular formula is C12H22N6O6. The number of carbonyl (C=O) groups excluding carboxylic acids is 3. The topological polar surface area (TPSA) is 185 Å². The Hall–Kier alpha value is -3.05. The third kappa shape index (κ3) is 9.07. The van der Waals surface area contributed by atoms with Crippen LogP contribution in [0, 0.1) is 10.8 Å². The van der Waals surface area contributed by atoms with E-state index in [1.165, 1.54) is 14.1 Å². The molecule has 1 atom stereocenters. The van der Waals surface area contributed by atoms with Gasteiger partial charge < -0.3 is 35.5 Å². The molecule has 0 heterocycles. The molecule has 0 bridgehead atoms. The molecule has 0 amide bonds. The number of ether oxygens (including phenoxy) is 3. The Kier molecular flexibility index (Phi) is 9.29. The summed E-state index contributed by atoms with van der Waals surface area (Å²) in [4.78, 5) is 35.8. The average Bonchev–Trinajstić information content (AvgIpc) is 2.49. The van der Waals surface area contributed by atoms with E-state index < -0.39 is 18.0 Å². The van der Waals surface area contributed by atoms with E-state index in [2.05, 4.69) is 4.74 Å². The number of rotatable bonds is 10. The van der Waals surface area contributed by atoms with Crippen LogP contribution < -0.4 is 11.5 Å². The van der Waals surface area contributed by atoms with Gasteiger partial charge in [-0.05, 0) is 0 Å². The van der Waals surface area contributed by atoms with E-state index in [1.807, 2.05) is 0 Å². The molecule has 0 rings (SSSR count). The first kappa shape index (κ1) is 20.9. The van der Waals surface area contributed by atoms with E-state index in [4.69, 9.17) is 31.8 Å². The molecule has 0 spiro atoms. The molecule has 0 aromatic rings. The number of nitrogens with zero attached hydrogens (tertiary/aromatic N) is 2. The number of nitrogens with two attached hydrogens (primary N) is 2. The summed E-state index contributed by atoms with van der Waals surface area (Å²) in [5, 5.41) is 14.3. The van der Waals surface area contributed by atoms with Crippen LogP contribution in [0.5, 0.6) is 0 Å². The second-order valence-corrected chi connectivity index (χ2v) is 4.71. The summed E-state index contributed by atoms with van der Waals surface area (Å²) in [5.41, 5.74) is 10.4. The van der Waals surface area contributed by atoms with Crippen molar-refractivity contribution in [1.29, 1.82) is 10.8 Å².